The molecular weight excluding hydrogens is 166 g/mol. The minimum absolute atomic E-state index is 0.109. The van der Waals surface area contributed by atoms with E-state index in [1.165, 1.54) is 0 Å². The fourth-order valence-electron chi connectivity index (χ4n) is 0.829. The molecule has 0 aliphatic heterocycles. The first-order chi connectivity index (χ1) is 6.10. The summed E-state index contributed by atoms with van der Waals surface area (Å²) in [6.45, 7) is 4.87. The van der Waals surface area contributed by atoms with E-state index in [2.05, 4.69) is 30.6 Å². The summed E-state index contributed by atoms with van der Waals surface area (Å²) >= 11 is 0. The van der Waals surface area contributed by atoms with E-state index in [9.17, 15) is 4.79 Å². The van der Waals surface area contributed by atoms with E-state index in [1.54, 1.807) is 7.05 Å². The maximum absolute atomic E-state index is 10.9. The van der Waals surface area contributed by atoms with Gasteiger partial charge in [-0.3, -0.25) is 4.79 Å². The zero-order valence-corrected chi connectivity index (χ0v) is 8.42. The Bertz CT molecular complexity index is 196. The number of nitrogens with one attached hydrogen (secondary N) is 2. The number of rotatable bonds is 5. The minimum Gasteiger partial charge on any atom is -0.359 e. The lowest BCUT2D eigenvalue weighted by Crippen LogP contribution is -2.35. The third-order valence-electron chi connectivity index (χ3n) is 1.60. The molecule has 4 nitrogen and oxygen atoms in total. The van der Waals surface area contributed by atoms with Crippen molar-refractivity contribution in [1.82, 2.24) is 10.6 Å². The highest BCUT2D eigenvalue weighted by molar-refractivity contribution is 5.76. The Hall–Kier alpha value is -1.08. The van der Waals surface area contributed by atoms with Crippen LogP contribution in [0.15, 0.2) is 0 Å². The van der Waals surface area contributed by atoms with Crippen LogP contribution in [0.25, 0.3) is 0 Å². The summed E-state index contributed by atoms with van der Waals surface area (Å²) in [6.07, 6.45) is 0.222. The van der Waals surface area contributed by atoms with Crippen LogP contribution in [0.5, 0.6) is 0 Å². The standard InChI is InChI=1S/C9H17N3O/c1-7(2)6-12-8(5-10)4-9(13)11-3/h7-8,12H,4,6H2,1-3H3,(H,11,13). The molecule has 2 N–H and O–H groups in total. The van der Waals surface area contributed by atoms with Gasteiger partial charge in [0.05, 0.1) is 12.5 Å². The Morgan fingerprint density at radius 2 is 2.15 bits per heavy atom. The van der Waals surface area contributed by atoms with E-state index >= 15 is 0 Å². The smallest absolute Gasteiger partial charge is 0.222 e. The molecule has 1 unspecified atom stereocenters. The summed E-state index contributed by atoms with van der Waals surface area (Å²) in [5, 5.41) is 14.2. The average molecular weight is 183 g/mol. The number of amides is 1. The van der Waals surface area contributed by atoms with E-state index in [0.717, 1.165) is 6.54 Å². The Labute approximate surface area is 79.3 Å². The maximum Gasteiger partial charge on any atom is 0.222 e. The largest absolute Gasteiger partial charge is 0.359 e. The summed E-state index contributed by atoms with van der Waals surface area (Å²) in [7, 11) is 1.57. The lowest BCUT2D eigenvalue weighted by atomic mass is 10.1. The van der Waals surface area contributed by atoms with Gasteiger partial charge < -0.3 is 10.6 Å². The van der Waals surface area contributed by atoms with Crippen LogP contribution in [-0.2, 0) is 4.79 Å². The molecule has 0 heterocycles. The Morgan fingerprint density at radius 3 is 2.54 bits per heavy atom. The number of carbonyl (C=O) groups excluding carboxylic acids is 1. The van der Waals surface area contributed by atoms with Gasteiger partial charge in [0.15, 0.2) is 0 Å². The molecular formula is C9H17N3O. The molecule has 0 aromatic heterocycles. The monoisotopic (exact) mass is 183 g/mol. The Balaban J connectivity index is 3.78. The summed E-state index contributed by atoms with van der Waals surface area (Å²) < 4.78 is 0. The molecule has 1 amide bonds. The zero-order valence-electron chi connectivity index (χ0n) is 8.42. The van der Waals surface area contributed by atoms with Gasteiger partial charge in [-0.05, 0) is 12.5 Å². The van der Waals surface area contributed by atoms with Gasteiger partial charge in [0.2, 0.25) is 5.91 Å². The number of nitriles is 1. The van der Waals surface area contributed by atoms with Crippen molar-refractivity contribution < 1.29 is 4.79 Å². The summed E-state index contributed by atoms with van der Waals surface area (Å²) in [6, 6.07) is 1.68. The van der Waals surface area contributed by atoms with Crippen molar-refractivity contribution in [2.45, 2.75) is 26.3 Å². The van der Waals surface area contributed by atoms with Crippen molar-refractivity contribution in [2.75, 3.05) is 13.6 Å². The molecule has 0 saturated heterocycles. The second-order valence-electron chi connectivity index (χ2n) is 3.36. The molecule has 0 saturated carbocycles. The average Bonchev–Trinajstić information content (AvgIpc) is 2.11. The summed E-state index contributed by atoms with van der Waals surface area (Å²) in [5.41, 5.74) is 0. The molecule has 0 aromatic rings. The molecule has 4 heteroatoms. The van der Waals surface area contributed by atoms with Crippen molar-refractivity contribution in [1.29, 1.82) is 5.26 Å². The topological polar surface area (TPSA) is 64.9 Å². The predicted molar refractivity (Wildman–Crippen MR) is 50.9 cm³/mol. The predicted octanol–water partition coefficient (Wildman–Crippen LogP) is 0.260. The molecule has 0 rings (SSSR count). The van der Waals surface area contributed by atoms with Gasteiger partial charge in [0.25, 0.3) is 0 Å². The molecule has 0 fully saturated rings. The van der Waals surface area contributed by atoms with Crippen LogP contribution in [0.4, 0.5) is 0 Å². The van der Waals surface area contributed by atoms with E-state index < -0.39 is 0 Å². The number of hydrogen-bond donors (Lipinski definition) is 2. The van der Waals surface area contributed by atoms with Gasteiger partial charge in [-0.25, -0.2) is 0 Å². The highest BCUT2D eigenvalue weighted by atomic mass is 16.1. The van der Waals surface area contributed by atoms with E-state index in [0.29, 0.717) is 5.92 Å². The van der Waals surface area contributed by atoms with Crippen molar-refractivity contribution >= 4 is 5.91 Å². The van der Waals surface area contributed by atoms with Crippen molar-refractivity contribution in [2.24, 2.45) is 5.92 Å². The molecule has 0 spiro atoms. The van der Waals surface area contributed by atoms with Crippen molar-refractivity contribution in [3.63, 3.8) is 0 Å². The summed E-state index contributed by atoms with van der Waals surface area (Å²) in [4.78, 5) is 10.9. The fraction of sp³-hybridized carbons (Fsp3) is 0.778. The van der Waals surface area contributed by atoms with Gasteiger partial charge in [-0.1, -0.05) is 13.8 Å². The van der Waals surface area contributed by atoms with E-state index in [1.807, 2.05) is 0 Å². The highest BCUT2D eigenvalue weighted by Crippen LogP contribution is 1.93. The number of carbonyl (C=O) groups is 1. The van der Waals surface area contributed by atoms with Gasteiger partial charge in [0.1, 0.15) is 6.04 Å². The number of hydrogen-bond acceptors (Lipinski definition) is 3. The first kappa shape index (κ1) is 11.9. The van der Waals surface area contributed by atoms with Gasteiger partial charge in [-0.15, -0.1) is 0 Å². The van der Waals surface area contributed by atoms with Crippen molar-refractivity contribution in [3.8, 4) is 6.07 Å². The second kappa shape index (κ2) is 6.44. The zero-order chi connectivity index (χ0) is 10.3. The normalized spacial score (nSPS) is 12.2. The SMILES string of the molecule is CNC(=O)CC(C#N)NCC(C)C. The van der Waals surface area contributed by atoms with E-state index in [4.69, 9.17) is 5.26 Å². The van der Waals surface area contributed by atoms with Crippen LogP contribution in [-0.4, -0.2) is 25.5 Å². The summed E-state index contributed by atoms with van der Waals surface area (Å²) in [5.74, 6) is 0.378. The van der Waals surface area contributed by atoms with Crippen LogP contribution in [0, 0.1) is 17.2 Å². The quantitative estimate of drug-likeness (QED) is 0.642. The lowest BCUT2D eigenvalue weighted by molar-refractivity contribution is -0.120. The van der Waals surface area contributed by atoms with Crippen LogP contribution in [0.2, 0.25) is 0 Å². The molecule has 0 aromatic carbocycles. The Morgan fingerprint density at radius 1 is 1.54 bits per heavy atom. The molecule has 0 radical (unpaired) electrons. The third-order valence-corrected chi connectivity index (χ3v) is 1.60. The molecule has 13 heavy (non-hydrogen) atoms. The van der Waals surface area contributed by atoms with Crippen LogP contribution in [0.3, 0.4) is 0 Å². The third kappa shape index (κ3) is 6.12. The molecule has 0 aliphatic rings. The molecule has 0 aliphatic carbocycles. The molecule has 0 bridgehead atoms. The number of nitrogens with zero attached hydrogens (tertiary/aromatic N) is 1. The van der Waals surface area contributed by atoms with Gasteiger partial charge in [-0.2, -0.15) is 5.26 Å². The minimum atomic E-state index is -0.373. The fourth-order valence-corrected chi connectivity index (χ4v) is 0.829. The highest BCUT2D eigenvalue weighted by Gasteiger charge is 2.11. The van der Waals surface area contributed by atoms with Gasteiger partial charge in [0, 0.05) is 7.05 Å². The van der Waals surface area contributed by atoms with Crippen LogP contribution in [0.1, 0.15) is 20.3 Å². The van der Waals surface area contributed by atoms with E-state index in [-0.39, 0.29) is 18.4 Å². The first-order valence-electron chi connectivity index (χ1n) is 4.43. The lowest BCUT2D eigenvalue weighted by Gasteiger charge is -2.12. The van der Waals surface area contributed by atoms with Gasteiger partial charge >= 0.3 is 0 Å². The van der Waals surface area contributed by atoms with Crippen LogP contribution < -0.4 is 10.6 Å². The first-order valence-corrected chi connectivity index (χ1v) is 4.43. The Kier molecular flexibility index (Phi) is 5.90. The molecule has 74 valence electrons. The molecule has 1 atom stereocenters. The van der Waals surface area contributed by atoms with Crippen LogP contribution >= 0.6 is 0 Å². The van der Waals surface area contributed by atoms with Crippen molar-refractivity contribution in [3.05, 3.63) is 0 Å². The maximum atomic E-state index is 10.9. The second-order valence-corrected chi connectivity index (χ2v) is 3.36.